The first-order chi connectivity index (χ1) is 14.2. The second-order valence-corrected chi connectivity index (χ2v) is 7.78. The highest BCUT2D eigenvalue weighted by atomic mass is 35.5. The van der Waals surface area contributed by atoms with Gasteiger partial charge in [-0.3, -0.25) is 0 Å². The molecule has 0 aliphatic rings. The molecule has 3 N–H and O–H groups in total. The molecule has 0 atom stereocenters. The quantitative estimate of drug-likeness (QED) is 0.276. The topological polar surface area (TPSA) is 95.2 Å². The van der Waals surface area contributed by atoms with Crippen molar-refractivity contribution in [3.63, 3.8) is 0 Å². The number of rotatable bonds is 3. The summed E-state index contributed by atoms with van der Waals surface area (Å²) in [5.74, 6) is -1.42. The molecule has 4 aromatic rings. The minimum Gasteiger partial charge on any atom is -0.477 e. The Morgan fingerprint density at radius 2 is 1.30 bits per heavy atom. The Balaban J connectivity index is 0.000000172. The van der Waals surface area contributed by atoms with Crippen molar-refractivity contribution in [3.8, 4) is 0 Å². The first-order valence-corrected chi connectivity index (χ1v) is 10.1. The number of nitrogens with one attached hydrogen (secondary N) is 2. The van der Waals surface area contributed by atoms with Crippen molar-refractivity contribution in [2.45, 2.75) is 6.92 Å². The fourth-order valence-corrected chi connectivity index (χ4v) is 3.88. The molecule has 156 valence electrons. The van der Waals surface area contributed by atoms with Gasteiger partial charge in [0.2, 0.25) is 0 Å². The van der Waals surface area contributed by atoms with Gasteiger partial charge in [-0.25, -0.2) is 9.59 Å². The summed E-state index contributed by atoms with van der Waals surface area (Å²) in [6, 6.07) is 9.75. The maximum atomic E-state index is 11.5. The molecule has 2 aromatic carbocycles. The molecule has 0 spiro atoms. The van der Waals surface area contributed by atoms with E-state index < -0.39 is 11.9 Å². The van der Waals surface area contributed by atoms with Gasteiger partial charge in [0.05, 0.1) is 27.7 Å². The van der Waals surface area contributed by atoms with E-state index in [4.69, 9.17) is 56.2 Å². The van der Waals surface area contributed by atoms with Crippen molar-refractivity contribution in [1.29, 1.82) is 0 Å². The monoisotopic (exact) mass is 486 g/mol. The van der Waals surface area contributed by atoms with Gasteiger partial charge in [0.25, 0.3) is 0 Å². The lowest BCUT2D eigenvalue weighted by atomic mass is 10.2. The van der Waals surface area contributed by atoms with Crippen LogP contribution in [0.2, 0.25) is 20.1 Å². The van der Waals surface area contributed by atoms with Crippen molar-refractivity contribution in [2.24, 2.45) is 0 Å². The molecule has 2 heterocycles. The zero-order valence-electron chi connectivity index (χ0n) is 15.4. The van der Waals surface area contributed by atoms with Crippen LogP contribution in [0.1, 0.15) is 27.9 Å². The zero-order chi connectivity index (χ0) is 22.0. The van der Waals surface area contributed by atoms with E-state index in [2.05, 4.69) is 9.97 Å². The Hall–Kier alpha value is -2.38. The number of carboxylic acids is 1. The summed E-state index contributed by atoms with van der Waals surface area (Å²) >= 11 is 23.5. The average Bonchev–Trinajstić information content (AvgIpc) is 3.27. The van der Waals surface area contributed by atoms with Crippen LogP contribution in [0.15, 0.2) is 36.4 Å². The Bertz CT molecular complexity index is 1260. The molecule has 0 saturated carbocycles. The SMILES string of the molecule is CCOC(=O)c1cc2cc(Cl)cc(Cl)c2[nH]1.O=C(O)c1cc2cc(Cl)cc(Cl)c2[nH]1. The van der Waals surface area contributed by atoms with E-state index in [1.165, 1.54) is 6.07 Å². The summed E-state index contributed by atoms with van der Waals surface area (Å²) in [4.78, 5) is 27.8. The lowest BCUT2D eigenvalue weighted by molar-refractivity contribution is 0.0520. The number of benzene rings is 2. The third-order valence-corrected chi connectivity index (χ3v) is 5.05. The fraction of sp³-hybridized carbons (Fsp3) is 0.100. The molecule has 10 heteroatoms. The number of carboxylic acid groups (broad SMARTS) is 1. The molecule has 0 aliphatic carbocycles. The zero-order valence-corrected chi connectivity index (χ0v) is 18.4. The molecule has 0 radical (unpaired) electrons. The van der Waals surface area contributed by atoms with E-state index in [0.717, 1.165) is 5.39 Å². The molecule has 2 aromatic heterocycles. The van der Waals surface area contributed by atoms with E-state index in [-0.39, 0.29) is 5.69 Å². The minimum absolute atomic E-state index is 0.101. The van der Waals surface area contributed by atoms with Gasteiger partial charge in [0, 0.05) is 20.8 Å². The van der Waals surface area contributed by atoms with Gasteiger partial charge in [-0.05, 0) is 43.3 Å². The van der Waals surface area contributed by atoms with Gasteiger partial charge in [-0.1, -0.05) is 46.4 Å². The Labute approximate surface area is 190 Å². The number of carbonyl (C=O) groups excluding carboxylic acids is 1. The molecule has 0 bridgehead atoms. The van der Waals surface area contributed by atoms with Gasteiger partial charge in [0.1, 0.15) is 11.4 Å². The predicted molar refractivity (Wildman–Crippen MR) is 120 cm³/mol. The Kier molecular flexibility index (Phi) is 6.83. The molecule has 0 aliphatic heterocycles. The number of aromatic nitrogens is 2. The maximum Gasteiger partial charge on any atom is 0.354 e. The number of H-pyrrole nitrogens is 2. The number of hydrogen-bond donors (Lipinski definition) is 3. The van der Waals surface area contributed by atoms with Crippen molar-refractivity contribution in [2.75, 3.05) is 6.61 Å². The summed E-state index contributed by atoms with van der Waals surface area (Å²) in [6.07, 6.45) is 0. The second kappa shape index (κ2) is 9.18. The minimum atomic E-state index is -1.02. The molecule has 0 unspecified atom stereocenters. The molecule has 4 rings (SSSR count). The number of hydrogen-bond acceptors (Lipinski definition) is 3. The highest BCUT2D eigenvalue weighted by molar-refractivity contribution is 6.39. The number of ether oxygens (including phenoxy) is 1. The third-order valence-electron chi connectivity index (χ3n) is 4.02. The van der Waals surface area contributed by atoms with Gasteiger partial charge >= 0.3 is 11.9 Å². The number of aromatic amines is 2. The van der Waals surface area contributed by atoms with Crippen LogP contribution in [-0.2, 0) is 4.74 Å². The van der Waals surface area contributed by atoms with E-state index in [9.17, 15) is 9.59 Å². The molecule has 0 saturated heterocycles. The van der Waals surface area contributed by atoms with Crippen LogP contribution in [-0.4, -0.2) is 33.6 Å². The van der Waals surface area contributed by atoms with Crippen molar-refractivity contribution >= 4 is 80.1 Å². The van der Waals surface area contributed by atoms with Crippen LogP contribution in [0, 0.1) is 0 Å². The lowest BCUT2D eigenvalue weighted by Crippen LogP contribution is -2.04. The van der Waals surface area contributed by atoms with Crippen molar-refractivity contribution in [3.05, 3.63) is 67.9 Å². The van der Waals surface area contributed by atoms with Gasteiger partial charge < -0.3 is 19.8 Å². The molecular weight excluding hydrogens is 474 g/mol. The predicted octanol–water partition coefficient (Wildman–Crippen LogP) is 6.82. The third kappa shape index (κ3) is 4.84. The summed E-state index contributed by atoms with van der Waals surface area (Å²) in [5, 5.41) is 12.1. The summed E-state index contributed by atoms with van der Waals surface area (Å²) in [7, 11) is 0. The van der Waals surface area contributed by atoms with Gasteiger partial charge in [-0.15, -0.1) is 0 Å². The fourth-order valence-electron chi connectivity index (χ4n) is 2.76. The van der Waals surface area contributed by atoms with Crippen LogP contribution >= 0.6 is 46.4 Å². The molecule has 30 heavy (non-hydrogen) atoms. The molecule has 0 amide bonds. The van der Waals surface area contributed by atoms with Gasteiger partial charge in [-0.2, -0.15) is 0 Å². The Morgan fingerprint density at radius 3 is 1.77 bits per heavy atom. The molecule has 0 fully saturated rings. The van der Waals surface area contributed by atoms with E-state index in [1.54, 1.807) is 37.3 Å². The Morgan fingerprint density at radius 1 is 0.833 bits per heavy atom. The average molecular weight is 488 g/mol. The standard InChI is InChI=1S/C11H9Cl2NO2.C9H5Cl2NO2/c1-2-16-11(15)9-4-6-3-7(12)5-8(13)10(6)14-9;10-5-1-4-2-7(9(13)14)12-8(4)6(11)3-5/h3-5,14H,2H2,1H3;1-3,12H,(H,13,14). The number of aromatic carboxylic acids is 1. The normalized spacial score (nSPS) is 10.7. The highest BCUT2D eigenvalue weighted by Gasteiger charge is 2.12. The van der Waals surface area contributed by atoms with Crippen LogP contribution in [0.3, 0.4) is 0 Å². The first-order valence-electron chi connectivity index (χ1n) is 8.55. The van der Waals surface area contributed by atoms with Crippen LogP contribution in [0.4, 0.5) is 0 Å². The van der Waals surface area contributed by atoms with Crippen LogP contribution in [0.5, 0.6) is 0 Å². The number of esters is 1. The molecule has 6 nitrogen and oxygen atoms in total. The second-order valence-electron chi connectivity index (χ2n) is 6.10. The van der Waals surface area contributed by atoms with E-state index >= 15 is 0 Å². The first kappa shape index (κ1) is 22.3. The van der Waals surface area contributed by atoms with Crippen LogP contribution < -0.4 is 0 Å². The number of halogens is 4. The van der Waals surface area contributed by atoms with Crippen LogP contribution in [0.25, 0.3) is 21.8 Å². The van der Waals surface area contributed by atoms with Crippen molar-refractivity contribution < 1.29 is 19.4 Å². The van der Waals surface area contributed by atoms with Crippen molar-refractivity contribution in [1.82, 2.24) is 9.97 Å². The smallest absolute Gasteiger partial charge is 0.354 e. The summed E-state index contributed by atoms with van der Waals surface area (Å²) < 4.78 is 4.88. The number of carbonyl (C=O) groups is 2. The number of fused-ring (bicyclic) bond motifs is 2. The lowest BCUT2D eigenvalue weighted by Gasteiger charge is -1.97. The summed E-state index contributed by atoms with van der Waals surface area (Å²) in [6.45, 7) is 2.09. The largest absolute Gasteiger partial charge is 0.477 e. The highest BCUT2D eigenvalue weighted by Crippen LogP contribution is 2.29. The van der Waals surface area contributed by atoms with E-state index in [0.29, 0.717) is 48.8 Å². The van der Waals surface area contributed by atoms with Gasteiger partial charge in [0.15, 0.2) is 0 Å². The summed E-state index contributed by atoms with van der Waals surface area (Å²) in [5.41, 5.74) is 1.76. The van der Waals surface area contributed by atoms with E-state index in [1.807, 2.05) is 0 Å². The maximum absolute atomic E-state index is 11.5. The molecular formula is C20H14Cl4N2O4.